The second-order valence-corrected chi connectivity index (χ2v) is 2.35. The van der Waals surface area contributed by atoms with Crippen molar-refractivity contribution in [3.05, 3.63) is 0 Å². The number of hydrogen-bond acceptors (Lipinski definition) is 2. The van der Waals surface area contributed by atoms with E-state index in [1.54, 1.807) is 0 Å². The fourth-order valence-electron chi connectivity index (χ4n) is 0.765. The molecular weight excluding hydrogens is 140 g/mol. The highest BCUT2D eigenvalue weighted by Gasteiger charge is 2.03. The zero-order chi connectivity index (χ0) is 8.69. The van der Waals surface area contributed by atoms with E-state index in [2.05, 4.69) is 11.2 Å². The van der Waals surface area contributed by atoms with E-state index >= 15 is 0 Å². The number of hydrogen-bond donors (Lipinski definition) is 2. The van der Waals surface area contributed by atoms with Crippen LogP contribution in [-0.4, -0.2) is 18.5 Å². The first-order valence-electron chi connectivity index (χ1n) is 3.64. The van der Waals surface area contributed by atoms with Gasteiger partial charge in [-0.25, -0.2) is 0 Å². The maximum Gasteiger partial charge on any atom is 0.217 e. The number of rotatable bonds is 4. The molecule has 0 saturated carbocycles. The van der Waals surface area contributed by atoms with Gasteiger partial charge in [-0.3, -0.25) is 4.79 Å². The molecule has 0 aliphatic heterocycles. The van der Waals surface area contributed by atoms with Crippen molar-refractivity contribution in [1.82, 2.24) is 5.32 Å². The van der Waals surface area contributed by atoms with E-state index in [4.69, 9.17) is 12.2 Å². The van der Waals surface area contributed by atoms with Gasteiger partial charge in [0.1, 0.15) is 0 Å². The largest absolute Gasteiger partial charge is 0.343 e. The highest BCUT2D eigenvalue weighted by molar-refractivity contribution is 5.73. The molecule has 0 aromatic heterocycles. The summed E-state index contributed by atoms with van der Waals surface area (Å²) in [6.45, 7) is 2.06. The van der Waals surface area contributed by atoms with E-state index in [9.17, 15) is 4.79 Å². The summed E-state index contributed by atoms with van der Waals surface area (Å²) in [7, 11) is 0. The minimum atomic E-state index is -0.156. The third kappa shape index (κ3) is 5.43. The van der Waals surface area contributed by atoms with Gasteiger partial charge in [0.25, 0.3) is 0 Å². The van der Waals surface area contributed by atoms with Gasteiger partial charge in [0.05, 0.1) is 6.04 Å². The zero-order valence-corrected chi connectivity index (χ0v) is 6.76. The molecule has 0 fully saturated rings. The Labute approximate surface area is 67.3 Å². The molecule has 3 heteroatoms. The molecule has 0 radical (unpaired) electrons. The van der Waals surface area contributed by atoms with Crippen LogP contribution in [0.1, 0.15) is 19.8 Å². The number of amides is 1. The second kappa shape index (κ2) is 5.75. The molecule has 0 aromatic carbocycles. The van der Waals surface area contributed by atoms with Crippen molar-refractivity contribution in [1.29, 1.82) is 0 Å². The zero-order valence-electron chi connectivity index (χ0n) is 6.76. The van der Waals surface area contributed by atoms with Crippen LogP contribution < -0.4 is 11.1 Å². The Morgan fingerprint density at radius 3 is 2.82 bits per heavy atom. The maximum atomic E-state index is 10.5. The molecule has 62 valence electrons. The topological polar surface area (TPSA) is 55.1 Å². The first-order chi connectivity index (χ1) is 5.20. The van der Waals surface area contributed by atoms with Crippen molar-refractivity contribution in [3.63, 3.8) is 0 Å². The van der Waals surface area contributed by atoms with Crippen LogP contribution in [0.15, 0.2) is 0 Å². The summed E-state index contributed by atoms with van der Waals surface area (Å²) in [5.41, 5.74) is 5.28. The lowest BCUT2D eigenvalue weighted by molar-refractivity contribution is -0.119. The molecule has 0 aliphatic rings. The number of terminal acetylenes is 1. The normalized spacial score (nSPS) is 11.7. The molecule has 0 rings (SSSR count). The molecule has 3 N–H and O–H groups in total. The lowest BCUT2D eigenvalue weighted by Crippen LogP contribution is -2.32. The Morgan fingerprint density at radius 1 is 1.82 bits per heavy atom. The van der Waals surface area contributed by atoms with Crippen LogP contribution in [0.25, 0.3) is 0 Å². The quantitative estimate of drug-likeness (QED) is 0.554. The molecule has 0 heterocycles. The summed E-state index contributed by atoms with van der Waals surface area (Å²) in [6.07, 6.45) is 6.76. The van der Waals surface area contributed by atoms with E-state index in [0.717, 1.165) is 12.8 Å². The summed E-state index contributed by atoms with van der Waals surface area (Å²) in [5, 5.41) is 2.63. The lowest BCUT2D eigenvalue weighted by Gasteiger charge is -2.09. The van der Waals surface area contributed by atoms with Crippen molar-refractivity contribution < 1.29 is 4.79 Å². The van der Waals surface area contributed by atoms with Gasteiger partial charge in [0.2, 0.25) is 5.91 Å². The fourth-order valence-corrected chi connectivity index (χ4v) is 0.765. The van der Waals surface area contributed by atoms with Gasteiger partial charge in [-0.15, -0.1) is 6.42 Å². The van der Waals surface area contributed by atoms with Gasteiger partial charge in [-0.2, -0.15) is 0 Å². The van der Waals surface area contributed by atoms with Gasteiger partial charge in [0, 0.05) is 6.92 Å². The summed E-state index contributed by atoms with van der Waals surface area (Å²) in [5.74, 6) is 2.39. The molecule has 0 bridgehead atoms. The number of carbonyl (C=O) groups excluding carboxylic acids is 1. The monoisotopic (exact) mass is 154 g/mol. The molecule has 1 amide bonds. The third-order valence-corrected chi connectivity index (χ3v) is 1.28. The Morgan fingerprint density at radius 2 is 2.45 bits per heavy atom. The number of nitrogens with two attached hydrogens (primary N) is 1. The average molecular weight is 154 g/mol. The van der Waals surface area contributed by atoms with E-state index in [1.807, 2.05) is 0 Å². The summed E-state index contributed by atoms with van der Waals surface area (Å²) < 4.78 is 0. The smallest absolute Gasteiger partial charge is 0.217 e. The highest BCUT2D eigenvalue weighted by Crippen LogP contribution is 1.93. The van der Waals surface area contributed by atoms with Crippen LogP contribution in [0.4, 0.5) is 0 Å². The fraction of sp³-hybridized carbons (Fsp3) is 0.625. The first kappa shape index (κ1) is 9.99. The summed E-state index contributed by atoms with van der Waals surface area (Å²) in [6, 6.07) is -0.156. The number of carbonyl (C=O) groups is 1. The molecule has 1 atom stereocenters. The van der Waals surface area contributed by atoms with Crippen LogP contribution >= 0.6 is 0 Å². The molecule has 0 saturated heterocycles. The lowest BCUT2D eigenvalue weighted by atomic mass is 10.1. The predicted octanol–water partition coefficient (Wildman–Crippen LogP) is -0.137. The third-order valence-electron chi connectivity index (χ3n) is 1.28. The van der Waals surface area contributed by atoms with Gasteiger partial charge in [0.15, 0.2) is 0 Å². The molecule has 3 nitrogen and oxygen atoms in total. The first-order valence-corrected chi connectivity index (χ1v) is 3.64. The number of nitrogens with one attached hydrogen (secondary N) is 1. The Kier molecular flexibility index (Phi) is 5.22. The Bertz CT molecular complexity index is 160. The molecular formula is C8H14N2O. The van der Waals surface area contributed by atoms with Gasteiger partial charge >= 0.3 is 0 Å². The molecule has 0 aliphatic carbocycles. The minimum absolute atomic E-state index is 0.0926. The van der Waals surface area contributed by atoms with Crippen LogP contribution in [0.2, 0.25) is 0 Å². The van der Waals surface area contributed by atoms with Crippen LogP contribution in [0.5, 0.6) is 0 Å². The Balaban J connectivity index is 3.60. The maximum absolute atomic E-state index is 10.5. The van der Waals surface area contributed by atoms with Crippen LogP contribution in [-0.2, 0) is 4.79 Å². The van der Waals surface area contributed by atoms with E-state index in [1.165, 1.54) is 6.92 Å². The second-order valence-electron chi connectivity index (χ2n) is 2.35. The Hall–Kier alpha value is -1.01. The van der Waals surface area contributed by atoms with E-state index in [-0.39, 0.29) is 11.9 Å². The van der Waals surface area contributed by atoms with E-state index < -0.39 is 0 Å². The van der Waals surface area contributed by atoms with Crippen molar-refractivity contribution in [2.45, 2.75) is 25.8 Å². The van der Waals surface area contributed by atoms with Crippen molar-refractivity contribution >= 4 is 5.91 Å². The van der Waals surface area contributed by atoms with Crippen LogP contribution in [0.3, 0.4) is 0 Å². The summed E-state index contributed by atoms with van der Waals surface area (Å²) in [4.78, 5) is 10.5. The minimum Gasteiger partial charge on any atom is -0.343 e. The van der Waals surface area contributed by atoms with E-state index in [0.29, 0.717) is 6.54 Å². The standard InChI is InChI=1S/C8H14N2O/c1-3-8(5-4-6-9)10-7(2)11/h1,8H,4-6,9H2,2H3,(H,10,11). The van der Waals surface area contributed by atoms with Crippen LogP contribution in [0, 0.1) is 12.3 Å². The SMILES string of the molecule is C#CC(CCCN)NC(C)=O. The molecule has 0 aromatic rings. The van der Waals surface area contributed by atoms with Gasteiger partial charge < -0.3 is 11.1 Å². The van der Waals surface area contributed by atoms with Gasteiger partial charge in [-0.05, 0) is 19.4 Å². The van der Waals surface area contributed by atoms with Crippen molar-refractivity contribution in [2.75, 3.05) is 6.54 Å². The predicted molar refractivity (Wildman–Crippen MR) is 44.7 cm³/mol. The molecule has 0 spiro atoms. The molecule has 11 heavy (non-hydrogen) atoms. The summed E-state index contributed by atoms with van der Waals surface area (Å²) >= 11 is 0. The van der Waals surface area contributed by atoms with Gasteiger partial charge in [-0.1, -0.05) is 5.92 Å². The van der Waals surface area contributed by atoms with Crippen molar-refractivity contribution in [3.8, 4) is 12.3 Å². The highest BCUT2D eigenvalue weighted by atomic mass is 16.1. The van der Waals surface area contributed by atoms with Crippen molar-refractivity contribution in [2.24, 2.45) is 5.73 Å². The average Bonchev–Trinajstić information content (AvgIpc) is 1.97. The molecule has 1 unspecified atom stereocenters.